The molecule has 0 atom stereocenters. The molecule has 0 radical (unpaired) electrons. The SMILES string of the molecule is COCCOC(=O)c1occc1C(C)(C)C. The molecule has 0 saturated carbocycles. The van der Waals surface area contributed by atoms with Crippen molar-refractivity contribution in [2.45, 2.75) is 26.2 Å². The van der Waals surface area contributed by atoms with Crippen molar-refractivity contribution in [1.82, 2.24) is 0 Å². The van der Waals surface area contributed by atoms with Gasteiger partial charge in [0.25, 0.3) is 0 Å². The highest BCUT2D eigenvalue weighted by Gasteiger charge is 2.25. The normalized spacial score (nSPS) is 11.5. The van der Waals surface area contributed by atoms with Crippen molar-refractivity contribution < 1.29 is 18.7 Å². The Bertz CT molecular complexity index is 346. The van der Waals surface area contributed by atoms with Crippen molar-refractivity contribution in [3.05, 3.63) is 23.7 Å². The number of rotatable bonds is 4. The van der Waals surface area contributed by atoms with E-state index in [2.05, 4.69) is 0 Å². The van der Waals surface area contributed by atoms with E-state index in [1.165, 1.54) is 6.26 Å². The summed E-state index contributed by atoms with van der Waals surface area (Å²) in [5, 5.41) is 0. The summed E-state index contributed by atoms with van der Waals surface area (Å²) >= 11 is 0. The minimum atomic E-state index is -0.438. The Labute approximate surface area is 95.5 Å². The first kappa shape index (κ1) is 12.8. The Balaban J connectivity index is 2.73. The fourth-order valence-electron chi connectivity index (χ4n) is 1.34. The van der Waals surface area contributed by atoms with E-state index < -0.39 is 5.97 Å². The number of methoxy groups -OCH3 is 1. The third-order valence-corrected chi connectivity index (χ3v) is 2.18. The lowest BCUT2D eigenvalue weighted by Gasteiger charge is -2.17. The van der Waals surface area contributed by atoms with E-state index in [1.54, 1.807) is 13.2 Å². The molecule has 0 aromatic carbocycles. The lowest BCUT2D eigenvalue weighted by atomic mass is 9.87. The van der Waals surface area contributed by atoms with Crippen molar-refractivity contribution in [2.75, 3.05) is 20.3 Å². The molecule has 90 valence electrons. The van der Waals surface area contributed by atoms with Gasteiger partial charge in [0, 0.05) is 12.7 Å². The Kier molecular flexibility index (Phi) is 4.12. The maximum absolute atomic E-state index is 11.7. The van der Waals surface area contributed by atoms with Crippen LogP contribution in [-0.4, -0.2) is 26.3 Å². The summed E-state index contributed by atoms with van der Waals surface area (Å²) in [5.74, 6) is -0.157. The summed E-state index contributed by atoms with van der Waals surface area (Å²) in [4.78, 5) is 11.7. The van der Waals surface area contributed by atoms with Crippen molar-refractivity contribution >= 4 is 5.97 Å². The Morgan fingerprint density at radius 3 is 2.62 bits per heavy atom. The molecule has 1 aromatic rings. The molecule has 4 nitrogen and oxygen atoms in total. The Morgan fingerprint density at radius 2 is 2.06 bits per heavy atom. The van der Waals surface area contributed by atoms with Gasteiger partial charge in [0.1, 0.15) is 6.61 Å². The van der Waals surface area contributed by atoms with Gasteiger partial charge in [0.05, 0.1) is 12.9 Å². The average Bonchev–Trinajstić information content (AvgIpc) is 2.65. The van der Waals surface area contributed by atoms with E-state index in [0.29, 0.717) is 6.61 Å². The zero-order valence-corrected chi connectivity index (χ0v) is 10.2. The first-order chi connectivity index (χ1) is 7.46. The van der Waals surface area contributed by atoms with Gasteiger partial charge in [-0.2, -0.15) is 0 Å². The molecule has 0 spiro atoms. The molecule has 1 aromatic heterocycles. The van der Waals surface area contributed by atoms with Crippen molar-refractivity contribution in [2.24, 2.45) is 0 Å². The molecule has 1 heterocycles. The van der Waals surface area contributed by atoms with Crippen LogP contribution < -0.4 is 0 Å². The van der Waals surface area contributed by atoms with Gasteiger partial charge in [-0.3, -0.25) is 0 Å². The van der Waals surface area contributed by atoms with Gasteiger partial charge in [-0.25, -0.2) is 4.79 Å². The third kappa shape index (κ3) is 3.10. The highest BCUT2D eigenvalue weighted by atomic mass is 16.6. The lowest BCUT2D eigenvalue weighted by Crippen LogP contribution is -2.17. The number of esters is 1. The monoisotopic (exact) mass is 226 g/mol. The second-order valence-electron chi connectivity index (χ2n) is 4.54. The van der Waals surface area contributed by atoms with E-state index in [0.717, 1.165) is 5.56 Å². The van der Waals surface area contributed by atoms with Gasteiger partial charge in [0.2, 0.25) is 5.76 Å². The summed E-state index contributed by atoms with van der Waals surface area (Å²) < 4.78 is 15.0. The quantitative estimate of drug-likeness (QED) is 0.584. The molecule has 0 aliphatic carbocycles. The summed E-state index contributed by atoms with van der Waals surface area (Å²) in [6.07, 6.45) is 1.51. The number of carbonyl (C=O) groups is 1. The van der Waals surface area contributed by atoms with Crippen LogP contribution >= 0.6 is 0 Å². The first-order valence-corrected chi connectivity index (χ1v) is 5.21. The second kappa shape index (κ2) is 5.16. The van der Waals surface area contributed by atoms with Gasteiger partial charge in [-0.05, 0) is 11.5 Å². The summed E-state index contributed by atoms with van der Waals surface area (Å²) in [7, 11) is 1.56. The Morgan fingerprint density at radius 1 is 1.38 bits per heavy atom. The van der Waals surface area contributed by atoms with Crippen LogP contribution in [0.25, 0.3) is 0 Å². The van der Waals surface area contributed by atoms with Crippen LogP contribution in [0.2, 0.25) is 0 Å². The number of hydrogen-bond donors (Lipinski definition) is 0. The van der Waals surface area contributed by atoms with E-state index in [1.807, 2.05) is 20.8 Å². The molecule has 0 fully saturated rings. The largest absolute Gasteiger partial charge is 0.457 e. The molecule has 0 aliphatic rings. The zero-order valence-electron chi connectivity index (χ0n) is 10.2. The Hall–Kier alpha value is -1.29. The molecule has 0 bridgehead atoms. The van der Waals surface area contributed by atoms with Crippen LogP contribution in [0.15, 0.2) is 16.7 Å². The van der Waals surface area contributed by atoms with Gasteiger partial charge in [0.15, 0.2) is 0 Å². The first-order valence-electron chi connectivity index (χ1n) is 5.21. The van der Waals surface area contributed by atoms with Crippen LogP contribution in [0.5, 0.6) is 0 Å². The molecule has 0 amide bonds. The maximum atomic E-state index is 11.7. The second-order valence-corrected chi connectivity index (χ2v) is 4.54. The van der Waals surface area contributed by atoms with Crippen LogP contribution in [-0.2, 0) is 14.9 Å². The molecular weight excluding hydrogens is 208 g/mol. The van der Waals surface area contributed by atoms with E-state index in [9.17, 15) is 4.79 Å². The molecule has 0 saturated heterocycles. The van der Waals surface area contributed by atoms with Gasteiger partial charge in [-0.1, -0.05) is 20.8 Å². The van der Waals surface area contributed by atoms with Crippen LogP contribution in [0.1, 0.15) is 36.9 Å². The van der Waals surface area contributed by atoms with Crippen molar-refractivity contribution in [3.63, 3.8) is 0 Å². The maximum Gasteiger partial charge on any atom is 0.374 e. The molecule has 0 aliphatic heterocycles. The number of ether oxygens (including phenoxy) is 2. The minimum Gasteiger partial charge on any atom is -0.457 e. The lowest BCUT2D eigenvalue weighted by molar-refractivity contribution is 0.0351. The molecule has 0 N–H and O–H groups in total. The molecule has 0 unspecified atom stereocenters. The zero-order chi connectivity index (χ0) is 12.2. The van der Waals surface area contributed by atoms with Crippen molar-refractivity contribution in [1.29, 1.82) is 0 Å². The van der Waals surface area contributed by atoms with E-state index in [-0.39, 0.29) is 17.8 Å². The number of hydrogen-bond acceptors (Lipinski definition) is 4. The van der Waals surface area contributed by atoms with Crippen LogP contribution in [0, 0.1) is 0 Å². The van der Waals surface area contributed by atoms with Gasteiger partial charge >= 0.3 is 5.97 Å². The van der Waals surface area contributed by atoms with Crippen LogP contribution in [0.3, 0.4) is 0 Å². The fraction of sp³-hybridized carbons (Fsp3) is 0.583. The van der Waals surface area contributed by atoms with Gasteiger partial charge in [-0.15, -0.1) is 0 Å². The van der Waals surface area contributed by atoms with Crippen LogP contribution in [0.4, 0.5) is 0 Å². The number of carbonyl (C=O) groups excluding carboxylic acids is 1. The highest BCUT2D eigenvalue weighted by Crippen LogP contribution is 2.27. The molecule has 16 heavy (non-hydrogen) atoms. The number of furan rings is 1. The molecular formula is C12H18O4. The van der Waals surface area contributed by atoms with Gasteiger partial charge < -0.3 is 13.9 Å². The van der Waals surface area contributed by atoms with Crippen molar-refractivity contribution in [3.8, 4) is 0 Å². The predicted octanol–water partition coefficient (Wildman–Crippen LogP) is 2.38. The fourth-order valence-corrected chi connectivity index (χ4v) is 1.34. The topological polar surface area (TPSA) is 48.7 Å². The molecule has 1 rings (SSSR count). The third-order valence-electron chi connectivity index (χ3n) is 2.18. The molecule has 4 heteroatoms. The highest BCUT2D eigenvalue weighted by molar-refractivity contribution is 5.88. The van der Waals surface area contributed by atoms with E-state index in [4.69, 9.17) is 13.9 Å². The average molecular weight is 226 g/mol. The van der Waals surface area contributed by atoms with E-state index >= 15 is 0 Å². The summed E-state index contributed by atoms with van der Waals surface area (Å²) in [6, 6.07) is 1.80. The predicted molar refractivity (Wildman–Crippen MR) is 59.6 cm³/mol. The minimum absolute atomic E-state index is 0.136. The summed E-state index contributed by atoms with van der Waals surface area (Å²) in [6.45, 7) is 6.67. The standard InChI is InChI=1S/C12H18O4/c1-12(2,3)9-5-6-15-10(9)11(13)16-8-7-14-4/h5-6H,7-8H2,1-4H3. The summed E-state index contributed by atoms with van der Waals surface area (Å²) in [5.41, 5.74) is 0.720. The smallest absolute Gasteiger partial charge is 0.374 e.